The highest BCUT2D eigenvalue weighted by Crippen LogP contribution is 2.09. The molecule has 0 aromatic rings. The van der Waals surface area contributed by atoms with Gasteiger partial charge in [-0.1, -0.05) is 36.2 Å². The zero-order chi connectivity index (χ0) is 11.7. The third kappa shape index (κ3) is 8.23. The first kappa shape index (κ1) is 15.4. The highest BCUT2D eigenvalue weighted by molar-refractivity contribution is 9.09. The van der Waals surface area contributed by atoms with Gasteiger partial charge in [0.05, 0.1) is 0 Å². The highest BCUT2D eigenvalue weighted by Gasteiger charge is 2.11. The van der Waals surface area contributed by atoms with E-state index in [1.807, 2.05) is 0 Å². The Morgan fingerprint density at radius 2 is 1.73 bits per heavy atom. The van der Waals surface area contributed by atoms with Gasteiger partial charge in [0.15, 0.2) is 0 Å². The van der Waals surface area contributed by atoms with E-state index >= 15 is 0 Å². The lowest BCUT2D eigenvalue weighted by Crippen LogP contribution is -2.36. The molecule has 0 saturated heterocycles. The Morgan fingerprint density at radius 1 is 1.07 bits per heavy atom. The SMILES string of the molecule is CCCN(CCN(C)C)CC(CC)CBr. The quantitative estimate of drug-likeness (QED) is 0.599. The van der Waals surface area contributed by atoms with Gasteiger partial charge in [0, 0.05) is 25.0 Å². The van der Waals surface area contributed by atoms with E-state index in [0.29, 0.717) is 0 Å². The van der Waals surface area contributed by atoms with E-state index in [4.69, 9.17) is 0 Å². The molecule has 15 heavy (non-hydrogen) atoms. The lowest BCUT2D eigenvalue weighted by Gasteiger charge is -2.27. The van der Waals surface area contributed by atoms with Crippen LogP contribution in [0, 0.1) is 5.92 Å². The molecule has 0 fully saturated rings. The summed E-state index contributed by atoms with van der Waals surface area (Å²) in [7, 11) is 4.29. The third-order valence-corrected chi connectivity index (χ3v) is 3.63. The number of rotatable bonds is 9. The van der Waals surface area contributed by atoms with Crippen molar-refractivity contribution in [3.05, 3.63) is 0 Å². The van der Waals surface area contributed by atoms with Crippen molar-refractivity contribution in [3.8, 4) is 0 Å². The summed E-state index contributed by atoms with van der Waals surface area (Å²) in [5, 5.41) is 1.13. The van der Waals surface area contributed by atoms with Crippen LogP contribution in [0.2, 0.25) is 0 Å². The summed E-state index contributed by atoms with van der Waals surface area (Å²) in [6.45, 7) is 9.38. The van der Waals surface area contributed by atoms with Crippen LogP contribution in [-0.2, 0) is 0 Å². The van der Waals surface area contributed by atoms with E-state index in [2.05, 4.69) is 53.7 Å². The average Bonchev–Trinajstić information content (AvgIpc) is 2.22. The van der Waals surface area contributed by atoms with Crippen LogP contribution in [-0.4, -0.2) is 55.4 Å². The Balaban J connectivity index is 3.90. The van der Waals surface area contributed by atoms with Crippen molar-refractivity contribution < 1.29 is 0 Å². The molecule has 92 valence electrons. The zero-order valence-corrected chi connectivity index (χ0v) is 12.4. The maximum atomic E-state index is 3.60. The van der Waals surface area contributed by atoms with Gasteiger partial charge < -0.3 is 9.80 Å². The lowest BCUT2D eigenvalue weighted by atomic mass is 10.1. The number of alkyl halides is 1. The molecule has 0 spiro atoms. The average molecular weight is 279 g/mol. The monoisotopic (exact) mass is 278 g/mol. The van der Waals surface area contributed by atoms with Crippen LogP contribution in [0.3, 0.4) is 0 Å². The molecule has 0 heterocycles. The van der Waals surface area contributed by atoms with Gasteiger partial charge in [0.25, 0.3) is 0 Å². The summed E-state index contributed by atoms with van der Waals surface area (Å²) in [6, 6.07) is 0. The molecule has 0 aliphatic heterocycles. The minimum atomic E-state index is 0.804. The fourth-order valence-electron chi connectivity index (χ4n) is 1.60. The van der Waals surface area contributed by atoms with Crippen LogP contribution in [0.25, 0.3) is 0 Å². The molecule has 1 atom stereocenters. The van der Waals surface area contributed by atoms with Gasteiger partial charge in [-0.15, -0.1) is 0 Å². The molecule has 2 nitrogen and oxygen atoms in total. The predicted octanol–water partition coefficient (Wildman–Crippen LogP) is 2.68. The van der Waals surface area contributed by atoms with E-state index < -0.39 is 0 Å². The first-order valence-electron chi connectivity index (χ1n) is 6.07. The molecule has 0 aromatic heterocycles. The van der Waals surface area contributed by atoms with Crippen molar-refractivity contribution in [2.75, 3.05) is 45.6 Å². The molecule has 0 aliphatic rings. The van der Waals surface area contributed by atoms with Gasteiger partial charge in [-0.2, -0.15) is 0 Å². The zero-order valence-electron chi connectivity index (χ0n) is 10.8. The third-order valence-electron chi connectivity index (χ3n) is 2.72. The predicted molar refractivity (Wildman–Crippen MR) is 72.9 cm³/mol. The molecule has 1 unspecified atom stereocenters. The lowest BCUT2D eigenvalue weighted by molar-refractivity contribution is 0.214. The van der Waals surface area contributed by atoms with Crippen LogP contribution < -0.4 is 0 Å². The minimum Gasteiger partial charge on any atom is -0.308 e. The Labute approximate surface area is 104 Å². The second-order valence-electron chi connectivity index (χ2n) is 4.53. The summed E-state index contributed by atoms with van der Waals surface area (Å²) in [4.78, 5) is 4.85. The largest absolute Gasteiger partial charge is 0.308 e. The van der Waals surface area contributed by atoms with Crippen LogP contribution in [0.1, 0.15) is 26.7 Å². The smallest absolute Gasteiger partial charge is 0.0109 e. The van der Waals surface area contributed by atoms with Crippen molar-refractivity contribution in [2.45, 2.75) is 26.7 Å². The Kier molecular flexibility index (Phi) is 9.87. The molecule has 0 aromatic carbocycles. The van der Waals surface area contributed by atoms with E-state index in [-0.39, 0.29) is 0 Å². The Bertz CT molecular complexity index is 136. The van der Waals surface area contributed by atoms with E-state index in [1.54, 1.807) is 0 Å². The van der Waals surface area contributed by atoms with Crippen LogP contribution in [0.15, 0.2) is 0 Å². The molecular weight excluding hydrogens is 252 g/mol. The van der Waals surface area contributed by atoms with Crippen LogP contribution in [0.4, 0.5) is 0 Å². The molecule has 0 N–H and O–H groups in total. The fraction of sp³-hybridized carbons (Fsp3) is 1.00. The maximum absolute atomic E-state index is 3.60. The summed E-state index contributed by atoms with van der Waals surface area (Å²) in [6.07, 6.45) is 2.53. The van der Waals surface area contributed by atoms with E-state index in [0.717, 1.165) is 11.2 Å². The maximum Gasteiger partial charge on any atom is 0.0109 e. The van der Waals surface area contributed by atoms with Crippen LogP contribution >= 0.6 is 15.9 Å². The number of nitrogens with zero attached hydrogens (tertiary/aromatic N) is 2. The molecule has 0 aliphatic carbocycles. The second kappa shape index (κ2) is 9.61. The molecule has 0 rings (SSSR count). The fourth-order valence-corrected chi connectivity index (χ4v) is 2.27. The molecule has 0 saturated carbocycles. The normalized spacial score (nSPS) is 13.8. The van der Waals surface area contributed by atoms with Crippen molar-refractivity contribution in [2.24, 2.45) is 5.92 Å². The topological polar surface area (TPSA) is 6.48 Å². The van der Waals surface area contributed by atoms with Crippen LogP contribution in [0.5, 0.6) is 0 Å². The number of hydrogen-bond donors (Lipinski definition) is 0. The molecule has 0 amide bonds. The second-order valence-corrected chi connectivity index (χ2v) is 5.18. The Hall–Kier alpha value is 0.400. The number of likely N-dealkylation sites (N-methyl/N-ethyl adjacent to an activating group) is 1. The van der Waals surface area contributed by atoms with Crippen molar-refractivity contribution in [1.29, 1.82) is 0 Å². The number of halogens is 1. The van der Waals surface area contributed by atoms with Gasteiger partial charge in [0.1, 0.15) is 0 Å². The summed E-state index contributed by atoms with van der Waals surface area (Å²) < 4.78 is 0. The first-order chi connectivity index (χ1) is 7.13. The first-order valence-corrected chi connectivity index (χ1v) is 7.19. The van der Waals surface area contributed by atoms with E-state index in [9.17, 15) is 0 Å². The highest BCUT2D eigenvalue weighted by atomic mass is 79.9. The van der Waals surface area contributed by atoms with E-state index in [1.165, 1.54) is 39.0 Å². The Morgan fingerprint density at radius 3 is 2.13 bits per heavy atom. The molecule has 0 bridgehead atoms. The van der Waals surface area contributed by atoms with Gasteiger partial charge >= 0.3 is 0 Å². The molecule has 0 radical (unpaired) electrons. The van der Waals surface area contributed by atoms with Gasteiger partial charge in [-0.05, 0) is 33.0 Å². The standard InChI is InChI=1S/C12H27BrN2/c1-5-7-15(9-8-14(3)4)11-12(6-2)10-13/h12H,5-11H2,1-4H3. The number of hydrogen-bond acceptors (Lipinski definition) is 2. The van der Waals surface area contributed by atoms with Gasteiger partial charge in [-0.3, -0.25) is 0 Å². The van der Waals surface area contributed by atoms with Gasteiger partial charge in [0.2, 0.25) is 0 Å². The summed E-state index contributed by atoms with van der Waals surface area (Å²) in [5.41, 5.74) is 0. The molecule has 3 heteroatoms. The summed E-state index contributed by atoms with van der Waals surface area (Å²) in [5.74, 6) is 0.804. The van der Waals surface area contributed by atoms with Crippen molar-refractivity contribution in [1.82, 2.24) is 9.80 Å². The summed E-state index contributed by atoms with van der Waals surface area (Å²) >= 11 is 3.60. The van der Waals surface area contributed by atoms with Gasteiger partial charge in [-0.25, -0.2) is 0 Å². The molecular formula is C12H27BrN2. The minimum absolute atomic E-state index is 0.804. The van der Waals surface area contributed by atoms with Crippen molar-refractivity contribution in [3.63, 3.8) is 0 Å². The van der Waals surface area contributed by atoms with Crippen molar-refractivity contribution >= 4 is 15.9 Å².